The fraction of sp³-hybridized carbons (Fsp3) is 0.278. The Labute approximate surface area is 146 Å². The highest BCUT2D eigenvalue weighted by Gasteiger charge is 2.28. The number of halogens is 1. The summed E-state index contributed by atoms with van der Waals surface area (Å²) in [6.07, 6.45) is 0.608. The highest BCUT2D eigenvalue weighted by atomic mass is 32.2. The lowest BCUT2D eigenvalue weighted by Crippen LogP contribution is -2.30. The van der Waals surface area contributed by atoms with E-state index < -0.39 is 10.0 Å². The van der Waals surface area contributed by atoms with Crippen LogP contribution in [0.3, 0.4) is 0 Å². The van der Waals surface area contributed by atoms with E-state index in [0.29, 0.717) is 36.4 Å². The molecule has 1 amide bonds. The highest BCUT2D eigenvalue weighted by molar-refractivity contribution is 7.93. The zero-order chi connectivity index (χ0) is 18.0. The molecule has 2 aromatic carbocycles. The predicted octanol–water partition coefficient (Wildman–Crippen LogP) is 3.03. The normalized spacial score (nSPS) is 16.0. The second kappa shape index (κ2) is 6.84. The zero-order valence-corrected chi connectivity index (χ0v) is 14.7. The maximum Gasteiger partial charge on any atom is 0.258 e. The lowest BCUT2D eigenvalue weighted by molar-refractivity contribution is 0.0988. The Morgan fingerprint density at radius 2 is 1.76 bits per heavy atom. The summed E-state index contributed by atoms with van der Waals surface area (Å²) in [7, 11) is -3.24. The number of nitrogens with zero attached hydrogens (tertiary/aromatic N) is 2. The molecule has 0 radical (unpaired) electrons. The largest absolute Gasteiger partial charge is 0.309 e. The summed E-state index contributed by atoms with van der Waals surface area (Å²) in [5.41, 5.74) is 1.63. The van der Waals surface area contributed by atoms with Crippen LogP contribution in [0.25, 0.3) is 0 Å². The molecule has 0 atom stereocenters. The van der Waals surface area contributed by atoms with E-state index in [4.69, 9.17) is 0 Å². The Bertz CT molecular complexity index is 864. The number of sulfonamides is 1. The van der Waals surface area contributed by atoms with Gasteiger partial charge in [-0.1, -0.05) is 0 Å². The number of carbonyl (C=O) groups is 1. The van der Waals surface area contributed by atoms with E-state index in [1.165, 1.54) is 16.4 Å². The maximum absolute atomic E-state index is 13.1. The van der Waals surface area contributed by atoms with Crippen molar-refractivity contribution in [2.45, 2.75) is 13.3 Å². The molecule has 2 aromatic rings. The summed E-state index contributed by atoms with van der Waals surface area (Å²) in [5, 5.41) is 0. The molecule has 1 aliphatic rings. The fourth-order valence-corrected chi connectivity index (χ4v) is 4.48. The summed E-state index contributed by atoms with van der Waals surface area (Å²) >= 11 is 0. The van der Waals surface area contributed by atoms with Gasteiger partial charge in [0.15, 0.2) is 0 Å². The van der Waals surface area contributed by atoms with Crippen LogP contribution in [0.2, 0.25) is 0 Å². The minimum atomic E-state index is -3.24. The van der Waals surface area contributed by atoms with Crippen molar-refractivity contribution in [3.05, 3.63) is 59.9 Å². The topological polar surface area (TPSA) is 57.7 Å². The van der Waals surface area contributed by atoms with Gasteiger partial charge in [0.05, 0.1) is 11.4 Å². The maximum atomic E-state index is 13.1. The zero-order valence-electron chi connectivity index (χ0n) is 13.9. The minimum absolute atomic E-state index is 0.155. The number of hydrogen-bond donors (Lipinski definition) is 0. The van der Waals surface area contributed by atoms with Crippen LogP contribution in [0.4, 0.5) is 15.8 Å². The lowest BCUT2D eigenvalue weighted by Gasteiger charge is -2.22. The van der Waals surface area contributed by atoms with Crippen molar-refractivity contribution < 1.29 is 17.6 Å². The van der Waals surface area contributed by atoms with Crippen LogP contribution >= 0.6 is 0 Å². The van der Waals surface area contributed by atoms with E-state index in [2.05, 4.69) is 0 Å². The summed E-state index contributed by atoms with van der Waals surface area (Å²) < 4.78 is 38.4. The second-order valence-corrected chi connectivity index (χ2v) is 7.83. The van der Waals surface area contributed by atoms with Crippen LogP contribution in [0.5, 0.6) is 0 Å². The van der Waals surface area contributed by atoms with Crippen LogP contribution in [0.15, 0.2) is 48.5 Å². The third kappa shape index (κ3) is 3.51. The van der Waals surface area contributed by atoms with E-state index in [0.717, 1.165) is 0 Å². The van der Waals surface area contributed by atoms with Gasteiger partial charge >= 0.3 is 0 Å². The summed E-state index contributed by atoms with van der Waals surface area (Å²) in [4.78, 5) is 14.3. The highest BCUT2D eigenvalue weighted by Crippen LogP contribution is 2.25. The van der Waals surface area contributed by atoms with Gasteiger partial charge in [-0.15, -0.1) is 0 Å². The fourth-order valence-electron chi connectivity index (χ4n) is 2.92. The second-order valence-electron chi connectivity index (χ2n) is 5.81. The van der Waals surface area contributed by atoms with Crippen molar-refractivity contribution in [2.24, 2.45) is 0 Å². The summed E-state index contributed by atoms with van der Waals surface area (Å²) in [5.74, 6) is -0.421. The van der Waals surface area contributed by atoms with Crippen LogP contribution in [-0.2, 0) is 10.0 Å². The molecule has 3 rings (SSSR count). The van der Waals surface area contributed by atoms with Crippen LogP contribution in [0.1, 0.15) is 23.7 Å². The molecule has 0 saturated carbocycles. The van der Waals surface area contributed by atoms with Crippen molar-refractivity contribution in [3.63, 3.8) is 0 Å². The van der Waals surface area contributed by atoms with Gasteiger partial charge in [-0.05, 0) is 61.9 Å². The number of benzene rings is 2. The Kier molecular flexibility index (Phi) is 4.76. The van der Waals surface area contributed by atoms with E-state index in [1.54, 1.807) is 41.3 Å². The Balaban J connectivity index is 1.83. The van der Waals surface area contributed by atoms with E-state index in [1.807, 2.05) is 6.92 Å². The number of anilines is 2. The SMILES string of the molecule is CCN(C(=O)c1ccc(N2CCCS2(=O)=O)cc1)c1ccc(F)cc1. The van der Waals surface area contributed by atoms with Gasteiger partial charge in [-0.25, -0.2) is 12.8 Å². The molecule has 0 unspecified atom stereocenters. The number of amides is 1. The molecule has 1 heterocycles. The molecule has 5 nitrogen and oxygen atoms in total. The van der Waals surface area contributed by atoms with Gasteiger partial charge in [0.25, 0.3) is 5.91 Å². The molecule has 1 aliphatic heterocycles. The first-order valence-electron chi connectivity index (χ1n) is 8.10. The van der Waals surface area contributed by atoms with Crippen LogP contribution in [0, 0.1) is 5.82 Å². The Morgan fingerprint density at radius 1 is 1.12 bits per heavy atom. The number of carbonyl (C=O) groups excluding carboxylic acids is 1. The molecule has 0 bridgehead atoms. The monoisotopic (exact) mass is 362 g/mol. The first-order valence-corrected chi connectivity index (χ1v) is 9.71. The van der Waals surface area contributed by atoms with Crippen LogP contribution in [-0.4, -0.2) is 33.2 Å². The molecule has 7 heteroatoms. The standard InChI is InChI=1S/C18H19FN2O3S/c1-2-20(16-10-6-15(19)7-11-16)18(22)14-4-8-17(9-5-14)21-12-3-13-25(21,23)24/h4-11H,2-3,12-13H2,1H3. The predicted molar refractivity (Wildman–Crippen MR) is 95.9 cm³/mol. The molecule has 0 spiro atoms. The lowest BCUT2D eigenvalue weighted by atomic mass is 10.1. The van der Waals surface area contributed by atoms with Crippen molar-refractivity contribution >= 4 is 27.3 Å². The smallest absolute Gasteiger partial charge is 0.258 e. The minimum Gasteiger partial charge on any atom is -0.309 e. The molecule has 0 aromatic heterocycles. The summed E-state index contributed by atoms with van der Waals surface area (Å²) in [6, 6.07) is 12.3. The Morgan fingerprint density at radius 3 is 2.28 bits per heavy atom. The molecule has 25 heavy (non-hydrogen) atoms. The average molecular weight is 362 g/mol. The molecular weight excluding hydrogens is 343 g/mol. The molecule has 1 saturated heterocycles. The molecule has 0 aliphatic carbocycles. The summed E-state index contributed by atoms with van der Waals surface area (Å²) in [6.45, 7) is 2.74. The third-order valence-corrected chi connectivity index (χ3v) is 6.07. The van der Waals surface area contributed by atoms with Crippen molar-refractivity contribution in [1.82, 2.24) is 0 Å². The van der Waals surface area contributed by atoms with Gasteiger partial charge in [0.2, 0.25) is 10.0 Å². The Hall–Kier alpha value is -2.41. The van der Waals surface area contributed by atoms with Crippen molar-refractivity contribution in [1.29, 1.82) is 0 Å². The molecule has 132 valence electrons. The number of hydrogen-bond acceptors (Lipinski definition) is 3. The van der Waals surface area contributed by atoms with Crippen molar-refractivity contribution in [2.75, 3.05) is 28.0 Å². The number of rotatable bonds is 4. The molecule has 1 fully saturated rings. The average Bonchev–Trinajstić information content (AvgIpc) is 2.96. The third-order valence-electron chi connectivity index (χ3n) is 4.20. The van der Waals surface area contributed by atoms with E-state index in [9.17, 15) is 17.6 Å². The quantitative estimate of drug-likeness (QED) is 0.840. The van der Waals surface area contributed by atoms with E-state index >= 15 is 0 Å². The van der Waals surface area contributed by atoms with Gasteiger partial charge in [-0.2, -0.15) is 0 Å². The first kappa shape index (κ1) is 17.4. The molecule has 0 N–H and O–H groups in total. The van der Waals surface area contributed by atoms with Gasteiger partial charge in [0, 0.05) is 24.3 Å². The van der Waals surface area contributed by atoms with E-state index in [-0.39, 0.29) is 17.5 Å². The van der Waals surface area contributed by atoms with Gasteiger partial charge in [0.1, 0.15) is 5.82 Å². The molecular formula is C18H19FN2O3S. The van der Waals surface area contributed by atoms with Gasteiger partial charge in [-0.3, -0.25) is 9.10 Å². The van der Waals surface area contributed by atoms with Crippen LogP contribution < -0.4 is 9.21 Å². The van der Waals surface area contributed by atoms with Crippen molar-refractivity contribution in [3.8, 4) is 0 Å². The van der Waals surface area contributed by atoms with Gasteiger partial charge < -0.3 is 4.90 Å². The first-order chi connectivity index (χ1) is 11.9.